The Hall–Kier alpha value is -1.17. The third kappa shape index (κ3) is 3.66. The van der Waals surface area contributed by atoms with E-state index in [1.165, 1.54) is 12.1 Å². The highest BCUT2D eigenvalue weighted by Gasteiger charge is 2.16. The van der Waals surface area contributed by atoms with Gasteiger partial charge >= 0.3 is 0 Å². The van der Waals surface area contributed by atoms with Crippen molar-refractivity contribution in [1.29, 1.82) is 0 Å². The third-order valence-electron chi connectivity index (χ3n) is 2.47. The average molecular weight is 258 g/mol. The number of hydrogen-bond donors (Lipinski definition) is 1. The molecule has 1 aromatic carbocycles. The molecule has 0 radical (unpaired) electrons. The van der Waals surface area contributed by atoms with E-state index in [1.807, 2.05) is 26.0 Å². The number of nitrogens with zero attached hydrogens (tertiary/aromatic N) is 2. The third-order valence-corrected chi connectivity index (χ3v) is 2.79. The van der Waals surface area contributed by atoms with E-state index in [-0.39, 0.29) is 11.7 Å². The second-order valence-corrected chi connectivity index (χ2v) is 4.47. The first-order valence-corrected chi connectivity index (χ1v) is 5.59. The predicted molar refractivity (Wildman–Crippen MR) is 68.5 cm³/mol. The molecular formula is C11H16ClN3O2. The maximum atomic E-state index is 10.6. The van der Waals surface area contributed by atoms with Gasteiger partial charge in [-0.15, -0.1) is 0 Å². The van der Waals surface area contributed by atoms with Crippen LogP contribution in [-0.4, -0.2) is 37.5 Å². The molecule has 0 aliphatic rings. The molecule has 0 aliphatic carbocycles. The Labute approximate surface area is 106 Å². The highest BCUT2D eigenvalue weighted by Crippen LogP contribution is 2.27. The smallest absolute Gasteiger partial charge is 0.270 e. The van der Waals surface area contributed by atoms with Gasteiger partial charge in [-0.3, -0.25) is 10.1 Å². The molecule has 0 amide bonds. The van der Waals surface area contributed by atoms with Crippen LogP contribution in [0, 0.1) is 10.1 Å². The monoisotopic (exact) mass is 257 g/mol. The molecule has 0 aromatic heterocycles. The second kappa shape index (κ2) is 5.95. The molecule has 0 saturated carbocycles. The maximum Gasteiger partial charge on any atom is 0.270 e. The largest absolute Gasteiger partial charge is 0.312 e. The molecule has 1 atom stereocenters. The molecule has 1 unspecified atom stereocenters. The molecule has 1 rings (SSSR count). The number of nitrogens with one attached hydrogen (secondary N) is 1. The Kier molecular flexibility index (Phi) is 4.86. The Morgan fingerprint density at radius 3 is 2.59 bits per heavy atom. The summed E-state index contributed by atoms with van der Waals surface area (Å²) in [6.45, 7) is 0.772. The van der Waals surface area contributed by atoms with Gasteiger partial charge in [0.25, 0.3) is 5.69 Å². The fourth-order valence-electron chi connectivity index (χ4n) is 1.62. The predicted octanol–water partition coefficient (Wildman–Crippen LogP) is 2.07. The van der Waals surface area contributed by atoms with Gasteiger partial charge in [0.2, 0.25) is 0 Å². The van der Waals surface area contributed by atoms with Crippen LogP contribution >= 0.6 is 11.6 Å². The topological polar surface area (TPSA) is 58.4 Å². The number of rotatable bonds is 5. The molecule has 5 nitrogen and oxygen atoms in total. The quantitative estimate of drug-likeness (QED) is 0.648. The van der Waals surface area contributed by atoms with Crippen LogP contribution in [0.15, 0.2) is 18.2 Å². The van der Waals surface area contributed by atoms with Crippen molar-refractivity contribution in [3.63, 3.8) is 0 Å². The molecule has 0 saturated heterocycles. The van der Waals surface area contributed by atoms with Gasteiger partial charge in [-0.1, -0.05) is 11.6 Å². The van der Waals surface area contributed by atoms with Gasteiger partial charge in [0, 0.05) is 24.7 Å². The Morgan fingerprint density at radius 1 is 1.53 bits per heavy atom. The van der Waals surface area contributed by atoms with E-state index in [4.69, 9.17) is 11.6 Å². The maximum absolute atomic E-state index is 10.6. The van der Waals surface area contributed by atoms with E-state index < -0.39 is 4.92 Å². The molecule has 0 aliphatic heterocycles. The first-order chi connectivity index (χ1) is 7.95. The summed E-state index contributed by atoms with van der Waals surface area (Å²) >= 11 is 6.07. The van der Waals surface area contributed by atoms with Crippen LogP contribution in [0.2, 0.25) is 5.02 Å². The summed E-state index contributed by atoms with van der Waals surface area (Å²) in [5.74, 6) is 0. The zero-order chi connectivity index (χ0) is 13.0. The van der Waals surface area contributed by atoms with Gasteiger partial charge in [-0.05, 0) is 32.8 Å². The van der Waals surface area contributed by atoms with Gasteiger partial charge in [0.1, 0.15) is 0 Å². The molecule has 1 N–H and O–H groups in total. The minimum Gasteiger partial charge on any atom is -0.312 e. The van der Waals surface area contributed by atoms with Gasteiger partial charge in [0.15, 0.2) is 0 Å². The number of nitro benzene ring substituents is 1. The Morgan fingerprint density at radius 2 is 2.18 bits per heavy atom. The van der Waals surface area contributed by atoms with Crippen LogP contribution in [0.25, 0.3) is 0 Å². The molecule has 6 heteroatoms. The number of non-ortho nitro benzene ring substituents is 1. The van der Waals surface area contributed by atoms with Crippen molar-refractivity contribution in [1.82, 2.24) is 10.2 Å². The lowest BCUT2D eigenvalue weighted by atomic mass is 10.1. The lowest BCUT2D eigenvalue weighted by Crippen LogP contribution is -2.29. The van der Waals surface area contributed by atoms with Crippen LogP contribution in [0.4, 0.5) is 5.69 Å². The lowest BCUT2D eigenvalue weighted by molar-refractivity contribution is -0.384. The molecule has 1 aromatic rings. The SMILES string of the molecule is CNC(CN(C)C)c1ccc([N+](=O)[O-])cc1Cl. The standard InChI is InChI=1S/C11H16ClN3O2/c1-13-11(7-14(2)3)9-5-4-8(15(16)17)6-10(9)12/h4-6,11,13H,7H2,1-3H3. The second-order valence-electron chi connectivity index (χ2n) is 4.07. The number of likely N-dealkylation sites (N-methyl/N-ethyl adjacent to an activating group) is 2. The normalized spacial score (nSPS) is 12.8. The van der Waals surface area contributed by atoms with Gasteiger partial charge < -0.3 is 10.2 Å². The molecule has 0 bridgehead atoms. The highest BCUT2D eigenvalue weighted by molar-refractivity contribution is 6.31. The summed E-state index contributed by atoms with van der Waals surface area (Å²) < 4.78 is 0. The van der Waals surface area contributed by atoms with Crippen molar-refractivity contribution in [2.45, 2.75) is 6.04 Å². The van der Waals surface area contributed by atoms with E-state index in [0.717, 1.165) is 12.1 Å². The number of halogens is 1. The highest BCUT2D eigenvalue weighted by atomic mass is 35.5. The van der Waals surface area contributed by atoms with E-state index in [2.05, 4.69) is 5.32 Å². The van der Waals surface area contributed by atoms with Crippen LogP contribution in [-0.2, 0) is 0 Å². The summed E-state index contributed by atoms with van der Waals surface area (Å²) in [6, 6.07) is 4.61. The van der Waals surface area contributed by atoms with Crippen LogP contribution in [0.5, 0.6) is 0 Å². The van der Waals surface area contributed by atoms with Crippen molar-refractivity contribution in [3.05, 3.63) is 38.9 Å². The van der Waals surface area contributed by atoms with Crippen LogP contribution in [0.1, 0.15) is 11.6 Å². The van der Waals surface area contributed by atoms with Crippen molar-refractivity contribution >= 4 is 17.3 Å². The fourth-order valence-corrected chi connectivity index (χ4v) is 1.93. The minimum atomic E-state index is -0.448. The van der Waals surface area contributed by atoms with E-state index in [1.54, 1.807) is 6.07 Å². The zero-order valence-corrected chi connectivity index (χ0v) is 10.9. The van der Waals surface area contributed by atoms with E-state index in [0.29, 0.717) is 5.02 Å². The zero-order valence-electron chi connectivity index (χ0n) is 10.1. The summed E-state index contributed by atoms with van der Waals surface area (Å²) in [5.41, 5.74) is 0.881. The summed E-state index contributed by atoms with van der Waals surface area (Å²) in [4.78, 5) is 12.2. The molecule has 0 heterocycles. The van der Waals surface area contributed by atoms with Crippen molar-refractivity contribution in [3.8, 4) is 0 Å². The Bertz CT molecular complexity index is 410. The van der Waals surface area contributed by atoms with Gasteiger partial charge in [-0.2, -0.15) is 0 Å². The average Bonchev–Trinajstić information content (AvgIpc) is 2.25. The molecular weight excluding hydrogens is 242 g/mol. The summed E-state index contributed by atoms with van der Waals surface area (Å²) in [7, 11) is 5.76. The van der Waals surface area contributed by atoms with Crippen molar-refractivity contribution < 1.29 is 4.92 Å². The molecule has 0 fully saturated rings. The van der Waals surface area contributed by atoms with Crippen LogP contribution in [0.3, 0.4) is 0 Å². The lowest BCUT2D eigenvalue weighted by Gasteiger charge is -2.21. The minimum absolute atomic E-state index is 0.0125. The van der Waals surface area contributed by atoms with Gasteiger partial charge in [-0.25, -0.2) is 0 Å². The molecule has 0 spiro atoms. The van der Waals surface area contributed by atoms with Crippen molar-refractivity contribution in [2.24, 2.45) is 0 Å². The molecule has 94 valence electrons. The first-order valence-electron chi connectivity index (χ1n) is 5.21. The molecule has 17 heavy (non-hydrogen) atoms. The number of benzene rings is 1. The van der Waals surface area contributed by atoms with E-state index in [9.17, 15) is 10.1 Å². The summed E-state index contributed by atoms with van der Waals surface area (Å²) in [5, 5.41) is 14.2. The Balaban J connectivity index is 3.00. The number of hydrogen-bond acceptors (Lipinski definition) is 4. The van der Waals surface area contributed by atoms with Gasteiger partial charge in [0.05, 0.1) is 9.95 Å². The van der Waals surface area contributed by atoms with Crippen molar-refractivity contribution in [2.75, 3.05) is 27.7 Å². The van der Waals surface area contributed by atoms with E-state index >= 15 is 0 Å². The van der Waals surface area contributed by atoms with Crippen LogP contribution < -0.4 is 5.32 Å². The fraction of sp³-hybridized carbons (Fsp3) is 0.455. The summed E-state index contributed by atoms with van der Waals surface area (Å²) in [6.07, 6.45) is 0. The number of nitro groups is 1. The first kappa shape index (κ1) is 13.9.